The minimum absolute atomic E-state index is 0.376. The fourth-order valence-electron chi connectivity index (χ4n) is 2.53. The number of nitrogens with zero attached hydrogens (tertiary/aromatic N) is 2. The Bertz CT molecular complexity index is 414. The van der Waals surface area contributed by atoms with Crippen molar-refractivity contribution in [2.24, 2.45) is 5.41 Å². The second-order valence-corrected chi connectivity index (χ2v) is 5.24. The average molecular weight is 229 g/mol. The molecule has 0 saturated heterocycles. The predicted octanol–water partition coefficient (Wildman–Crippen LogP) is 3.34. The molecule has 17 heavy (non-hydrogen) atoms. The van der Waals surface area contributed by atoms with Gasteiger partial charge in [-0.15, -0.1) is 0 Å². The largest absolute Gasteiger partial charge is 0.382 e. The quantitative estimate of drug-likeness (QED) is 0.864. The minimum atomic E-state index is 0.376. The van der Waals surface area contributed by atoms with E-state index in [1.807, 2.05) is 12.1 Å². The molecule has 1 aliphatic carbocycles. The number of hydrogen-bond donors (Lipinski definition) is 1. The second-order valence-electron chi connectivity index (χ2n) is 5.24. The summed E-state index contributed by atoms with van der Waals surface area (Å²) in [6.45, 7) is 3.27. The first-order chi connectivity index (χ1) is 8.23. The van der Waals surface area contributed by atoms with Crippen molar-refractivity contribution in [3.05, 3.63) is 24.0 Å². The molecule has 0 aromatic carbocycles. The van der Waals surface area contributed by atoms with Gasteiger partial charge in [-0.25, -0.2) is 4.98 Å². The summed E-state index contributed by atoms with van der Waals surface area (Å²) in [5.41, 5.74) is 1.73. The molecule has 0 spiro atoms. The van der Waals surface area contributed by atoms with Crippen LogP contribution in [0.4, 0.5) is 5.69 Å². The van der Waals surface area contributed by atoms with Gasteiger partial charge in [0.2, 0.25) is 0 Å². The molecular formula is C14H19N3. The molecule has 0 radical (unpaired) electrons. The number of rotatable bonds is 3. The van der Waals surface area contributed by atoms with Crippen molar-refractivity contribution in [1.29, 1.82) is 5.26 Å². The standard InChI is InChI=1S/C14H19N3/c1-14(7-3-2-4-8-14)11-17-12-6-5-9-16-13(12)10-15/h5-6,9,17H,2-4,7-8,11H2,1H3. The average Bonchev–Trinajstić information content (AvgIpc) is 2.38. The molecule has 0 unspecified atom stereocenters. The van der Waals surface area contributed by atoms with E-state index in [-0.39, 0.29) is 0 Å². The van der Waals surface area contributed by atoms with Gasteiger partial charge in [0.25, 0.3) is 0 Å². The fraction of sp³-hybridized carbons (Fsp3) is 0.571. The molecule has 1 N–H and O–H groups in total. The van der Waals surface area contributed by atoms with Gasteiger partial charge in [0.15, 0.2) is 5.69 Å². The van der Waals surface area contributed by atoms with Crippen LogP contribution in [0.3, 0.4) is 0 Å². The Hall–Kier alpha value is -1.56. The molecule has 1 heterocycles. The highest BCUT2D eigenvalue weighted by atomic mass is 14.9. The lowest BCUT2D eigenvalue weighted by atomic mass is 9.76. The van der Waals surface area contributed by atoms with Gasteiger partial charge in [-0.2, -0.15) is 5.26 Å². The Kier molecular flexibility index (Phi) is 3.63. The second kappa shape index (κ2) is 5.18. The summed E-state index contributed by atoms with van der Waals surface area (Å²) < 4.78 is 0. The zero-order chi connectivity index (χ0) is 12.1. The van der Waals surface area contributed by atoms with Gasteiger partial charge < -0.3 is 5.32 Å². The van der Waals surface area contributed by atoms with E-state index in [0.717, 1.165) is 12.2 Å². The molecule has 3 heteroatoms. The molecule has 0 amide bonds. The van der Waals surface area contributed by atoms with E-state index < -0.39 is 0 Å². The molecule has 1 aromatic heterocycles. The lowest BCUT2D eigenvalue weighted by molar-refractivity contribution is 0.233. The van der Waals surface area contributed by atoms with Gasteiger partial charge in [0.1, 0.15) is 6.07 Å². The van der Waals surface area contributed by atoms with Gasteiger partial charge in [-0.3, -0.25) is 0 Å². The maximum absolute atomic E-state index is 8.97. The molecular weight excluding hydrogens is 210 g/mol. The van der Waals surface area contributed by atoms with E-state index in [1.54, 1.807) is 6.20 Å². The Morgan fingerprint density at radius 1 is 1.41 bits per heavy atom. The van der Waals surface area contributed by atoms with Crippen LogP contribution in [0.5, 0.6) is 0 Å². The van der Waals surface area contributed by atoms with Crippen LogP contribution in [0.25, 0.3) is 0 Å². The predicted molar refractivity (Wildman–Crippen MR) is 68.6 cm³/mol. The summed E-state index contributed by atoms with van der Waals surface area (Å²) in [5.74, 6) is 0. The van der Waals surface area contributed by atoms with Crippen LogP contribution in [-0.2, 0) is 0 Å². The number of anilines is 1. The number of nitrogens with one attached hydrogen (secondary N) is 1. The van der Waals surface area contributed by atoms with Crippen LogP contribution in [0.2, 0.25) is 0 Å². The van der Waals surface area contributed by atoms with Crippen LogP contribution in [0.15, 0.2) is 18.3 Å². The van der Waals surface area contributed by atoms with E-state index >= 15 is 0 Å². The first kappa shape index (κ1) is 11.9. The molecule has 1 saturated carbocycles. The van der Waals surface area contributed by atoms with Crippen molar-refractivity contribution in [3.8, 4) is 6.07 Å². The van der Waals surface area contributed by atoms with E-state index in [4.69, 9.17) is 5.26 Å². The molecule has 0 atom stereocenters. The zero-order valence-electron chi connectivity index (χ0n) is 10.4. The van der Waals surface area contributed by atoms with Crippen molar-refractivity contribution in [1.82, 2.24) is 4.98 Å². The molecule has 2 rings (SSSR count). The number of hydrogen-bond acceptors (Lipinski definition) is 3. The van der Waals surface area contributed by atoms with Crippen LogP contribution in [0.1, 0.15) is 44.7 Å². The van der Waals surface area contributed by atoms with Crippen LogP contribution in [0, 0.1) is 16.7 Å². The smallest absolute Gasteiger partial charge is 0.163 e. The van der Waals surface area contributed by atoms with Crippen LogP contribution >= 0.6 is 0 Å². The fourth-order valence-corrected chi connectivity index (χ4v) is 2.53. The van der Waals surface area contributed by atoms with Crippen molar-refractivity contribution in [2.45, 2.75) is 39.0 Å². The normalized spacial score (nSPS) is 18.4. The zero-order valence-corrected chi connectivity index (χ0v) is 10.4. The molecule has 3 nitrogen and oxygen atoms in total. The summed E-state index contributed by atoms with van der Waals surface area (Å²) in [6, 6.07) is 5.92. The van der Waals surface area contributed by atoms with E-state index in [9.17, 15) is 0 Å². The first-order valence-corrected chi connectivity index (χ1v) is 6.32. The Balaban J connectivity index is 2.00. The SMILES string of the molecule is CC1(CNc2cccnc2C#N)CCCCC1. The third kappa shape index (κ3) is 2.97. The maximum Gasteiger partial charge on any atom is 0.163 e. The summed E-state index contributed by atoms with van der Waals surface area (Å²) in [6.07, 6.45) is 8.24. The van der Waals surface area contributed by atoms with Gasteiger partial charge in [-0.05, 0) is 30.4 Å². The monoisotopic (exact) mass is 229 g/mol. The summed E-state index contributed by atoms with van der Waals surface area (Å²) >= 11 is 0. The van der Waals surface area contributed by atoms with Gasteiger partial charge in [0, 0.05) is 12.7 Å². The Morgan fingerprint density at radius 2 is 2.18 bits per heavy atom. The van der Waals surface area contributed by atoms with Gasteiger partial charge >= 0.3 is 0 Å². The van der Waals surface area contributed by atoms with Crippen molar-refractivity contribution >= 4 is 5.69 Å². The molecule has 0 aliphatic heterocycles. The number of nitriles is 1. The van der Waals surface area contributed by atoms with E-state index in [1.165, 1.54) is 32.1 Å². The maximum atomic E-state index is 8.97. The highest BCUT2D eigenvalue weighted by Gasteiger charge is 2.26. The summed E-state index contributed by atoms with van der Waals surface area (Å²) in [4.78, 5) is 4.06. The Labute approximate surface area is 103 Å². The first-order valence-electron chi connectivity index (χ1n) is 6.32. The minimum Gasteiger partial charge on any atom is -0.382 e. The summed E-state index contributed by atoms with van der Waals surface area (Å²) in [7, 11) is 0. The van der Waals surface area contributed by atoms with Crippen LogP contribution in [-0.4, -0.2) is 11.5 Å². The highest BCUT2D eigenvalue weighted by molar-refractivity contribution is 5.53. The third-order valence-corrected chi connectivity index (χ3v) is 3.68. The van der Waals surface area contributed by atoms with E-state index in [0.29, 0.717) is 11.1 Å². The molecule has 1 aliphatic rings. The molecule has 1 fully saturated rings. The van der Waals surface area contributed by atoms with Crippen LogP contribution < -0.4 is 5.32 Å². The van der Waals surface area contributed by atoms with Gasteiger partial charge in [-0.1, -0.05) is 26.2 Å². The molecule has 1 aromatic rings. The van der Waals surface area contributed by atoms with E-state index in [2.05, 4.69) is 23.3 Å². The molecule has 0 bridgehead atoms. The third-order valence-electron chi connectivity index (χ3n) is 3.68. The lowest BCUT2D eigenvalue weighted by Crippen LogP contribution is -2.29. The van der Waals surface area contributed by atoms with Crippen molar-refractivity contribution in [2.75, 3.05) is 11.9 Å². The number of pyridine rings is 1. The lowest BCUT2D eigenvalue weighted by Gasteiger charge is -2.34. The molecule has 90 valence electrons. The van der Waals surface area contributed by atoms with Gasteiger partial charge in [0.05, 0.1) is 5.69 Å². The number of aromatic nitrogens is 1. The topological polar surface area (TPSA) is 48.7 Å². The Morgan fingerprint density at radius 3 is 2.88 bits per heavy atom. The van der Waals surface area contributed by atoms with Crippen molar-refractivity contribution < 1.29 is 0 Å². The highest BCUT2D eigenvalue weighted by Crippen LogP contribution is 2.35. The summed E-state index contributed by atoms with van der Waals surface area (Å²) in [5, 5.41) is 12.4. The van der Waals surface area contributed by atoms with Crippen molar-refractivity contribution in [3.63, 3.8) is 0 Å².